The van der Waals surface area contributed by atoms with E-state index in [2.05, 4.69) is 0 Å². The molecule has 0 aliphatic carbocycles. The highest BCUT2D eigenvalue weighted by Gasteiger charge is 2.26. The molecule has 1 heterocycles. The number of hydrogen-bond acceptors (Lipinski definition) is 6. The fourth-order valence-corrected chi connectivity index (χ4v) is 3.20. The molecule has 140 valence electrons. The van der Waals surface area contributed by atoms with Crippen molar-refractivity contribution in [3.63, 3.8) is 0 Å². The van der Waals surface area contributed by atoms with E-state index in [1.54, 1.807) is 42.5 Å². The summed E-state index contributed by atoms with van der Waals surface area (Å²) in [6.07, 6.45) is 0.0339. The zero-order valence-corrected chi connectivity index (χ0v) is 15.3. The second kappa shape index (κ2) is 7.53. The molecular formula is C21H20O6. The first-order valence-electron chi connectivity index (χ1n) is 8.42. The SMILES string of the molecule is COc1ccc([C@H](CC(C)=O)c2c(O)c3ccccc3oc2=O)cc1OC. The Kier molecular flexibility index (Phi) is 5.16. The smallest absolute Gasteiger partial charge is 0.343 e. The van der Waals surface area contributed by atoms with Crippen molar-refractivity contribution in [3.05, 3.63) is 64.0 Å². The van der Waals surface area contributed by atoms with E-state index in [4.69, 9.17) is 13.9 Å². The molecule has 0 radical (unpaired) electrons. The average molecular weight is 368 g/mol. The number of benzene rings is 2. The Morgan fingerprint density at radius 3 is 2.48 bits per heavy atom. The fourth-order valence-electron chi connectivity index (χ4n) is 3.20. The molecule has 0 amide bonds. The minimum Gasteiger partial charge on any atom is -0.507 e. The first-order valence-corrected chi connectivity index (χ1v) is 8.42. The second-order valence-electron chi connectivity index (χ2n) is 6.22. The maximum Gasteiger partial charge on any atom is 0.343 e. The van der Waals surface area contributed by atoms with Crippen LogP contribution >= 0.6 is 0 Å². The van der Waals surface area contributed by atoms with Crippen LogP contribution in [-0.4, -0.2) is 25.1 Å². The zero-order valence-electron chi connectivity index (χ0n) is 15.3. The molecule has 0 saturated heterocycles. The van der Waals surface area contributed by atoms with Gasteiger partial charge in [-0.05, 0) is 36.8 Å². The Balaban J connectivity index is 2.24. The minimum absolute atomic E-state index is 0.0339. The Labute approximate surface area is 156 Å². The van der Waals surface area contributed by atoms with Crippen LogP contribution in [0.5, 0.6) is 17.2 Å². The molecule has 6 heteroatoms. The van der Waals surface area contributed by atoms with E-state index in [0.717, 1.165) is 0 Å². The van der Waals surface area contributed by atoms with E-state index in [-0.39, 0.29) is 29.1 Å². The lowest BCUT2D eigenvalue weighted by atomic mass is 9.87. The third-order valence-electron chi connectivity index (χ3n) is 4.47. The first-order chi connectivity index (χ1) is 13.0. The van der Waals surface area contributed by atoms with E-state index in [1.807, 2.05) is 0 Å². The van der Waals surface area contributed by atoms with Crippen LogP contribution in [0.4, 0.5) is 0 Å². The number of ketones is 1. The van der Waals surface area contributed by atoms with Crippen LogP contribution in [0.2, 0.25) is 0 Å². The van der Waals surface area contributed by atoms with Gasteiger partial charge in [-0.25, -0.2) is 4.79 Å². The monoisotopic (exact) mass is 368 g/mol. The number of hydrogen-bond donors (Lipinski definition) is 1. The maximum atomic E-state index is 12.6. The van der Waals surface area contributed by atoms with Crippen LogP contribution in [0, 0.1) is 0 Å². The summed E-state index contributed by atoms with van der Waals surface area (Å²) in [6.45, 7) is 1.44. The lowest BCUT2D eigenvalue weighted by Gasteiger charge is -2.19. The van der Waals surface area contributed by atoms with Gasteiger partial charge in [0.1, 0.15) is 17.1 Å². The highest BCUT2D eigenvalue weighted by molar-refractivity contribution is 5.85. The standard InChI is InChI=1S/C21H20O6/c1-12(22)10-15(13-8-9-17(25-2)18(11-13)26-3)19-20(23)14-6-4-5-7-16(14)27-21(19)24/h4-9,11,15,23H,10H2,1-3H3/t15-/m0/s1. The lowest BCUT2D eigenvalue weighted by molar-refractivity contribution is -0.117. The number of Topliss-reactive ketones (excluding diaryl/α,β-unsaturated/α-hetero) is 1. The Hall–Kier alpha value is -3.28. The van der Waals surface area contributed by atoms with Gasteiger partial charge < -0.3 is 19.0 Å². The minimum atomic E-state index is -0.678. The quantitative estimate of drug-likeness (QED) is 0.669. The predicted octanol–water partition coefficient (Wildman–Crippen LogP) is 3.63. The van der Waals surface area contributed by atoms with Crippen LogP contribution in [0.3, 0.4) is 0 Å². The number of carbonyl (C=O) groups is 1. The van der Waals surface area contributed by atoms with Crippen molar-refractivity contribution in [2.45, 2.75) is 19.3 Å². The fraction of sp³-hybridized carbons (Fsp3) is 0.238. The second-order valence-corrected chi connectivity index (χ2v) is 6.22. The van der Waals surface area contributed by atoms with Crippen LogP contribution in [0.25, 0.3) is 11.0 Å². The van der Waals surface area contributed by atoms with Crippen molar-refractivity contribution in [2.24, 2.45) is 0 Å². The molecule has 6 nitrogen and oxygen atoms in total. The largest absolute Gasteiger partial charge is 0.507 e. The predicted molar refractivity (Wildman–Crippen MR) is 101 cm³/mol. The van der Waals surface area contributed by atoms with Crippen LogP contribution in [-0.2, 0) is 4.79 Å². The highest BCUT2D eigenvalue weighted by atomic mass is 16.5. The summed E-state index contributed by atoms with van der Waals surface area (Å²) in [4.78, 5) is 24.5. The normalized spacial score (nSPS) is 12.0. The van der Waals surface area contributed by atoms with Crippen molar-refractivity contribution in [2.75, 3.05) is 14.2 Å². The summed E-state index contributed by atoms with van der Waals surface area (Å²) in [7, 11) is 3.03. The molecule has 0 saturated carbocycles. The van der Waals surface area contributed by atoms with Crippen LogP contribution in [0.1, 0.15) is 30.4 Å². The molecule has 1 atom stereocenters. The lowest BCUT2D eigenvalue weighted by Crippen LogP contribution is -2.16. The molecule has 3 rings (SSSR count). The van der Waals surface area contributed by atoms with E-state index in [9.17, 15) is 14.7 Å². The van der Waals surface area contributed by atoms with Gasteiger partial charge in [0.25, 0.3) is 0 Å². The molecule has 3 aromatic rings. The Morgan fingerprint density at radius 1 is 1.11 bits per heavy atom. The molecule has 0 fully saturated rings. The molecule has 1 aromatic heterocycles. The molecule has 27 heavy (non-hydrogen) atoms. The van der Waals surface area contributed by atoms with Crippen LogP contribution in [0.15, 0.2) is 51.7 Å². The molecule has 0 bridgehead atoms. The number of carbonyl (C=O) groups excluding carboxylic acids is 1. The summed E-state index contributed by atoms with van der Waals surface area (Å²) >= 11 is 0. The van der Waals surface area contributed by atoms with Crippen molar-refractivity contribution < 1.29 is 23.8 Å². The van der Waals surface area contributed by atoms with Gasteiger partial charge in [0.2, 0.25) is 0 Å². The molecule has 0 aliphatic rings. The number of methoxy groups -OCH3 is 2. The Morgan fingerprint density at radius 2 is 1.81 bits per heavy atom. The summed E-state index contributed by atoms with van der Waals surface area (Å²) in [5.74, 6) is 0.0126. The van der Waals surface area contributed by atoms with Gasteiger partial charge >= 0.3 is 5.63 Å². The third-order valence-corrected chi connectivity index (χ3v) is 4.47. The molecule has 0 unspecified atom stereocenters. The Bertz CT molecular complexity index is 1050. The van der Waals surface area contributed by atoms with Gasteiger partial charge in [0, 0.05) is 12.3 Å². The number of ether oxygens (including phenoxy) is 2. The summed E-state index contributed by atoms with van der Waals surface area (Å²) in [5, 5.41) is 11.2. The van der Waals surface area contributed by atoms with Crippen molar-refractivity contribution in [3.8, 4) is 17.2 Å². The first kappa shape index (κ1) is 18.5. The molecule has 0 aliphatic heterocycles. The number of rotatable bonds is 6. The van der Waals surface area contributed by atoms with Crippen molar-refractivity contribution >= 4 is 16.8 Å². The summed E-state index contributed by atoms with van der Waals surface area (Å²) in [6, 6.07) is 11.9. The number of fused-ring (bicyclic) bond motifs is 1. The van der Waals surface area contributed by atoms with E-state index >= 15 is 0 Å². The molecule has 0 spiro atoms. The van der Waals surface area contributed by atoms with E-state index in [0.29, 0.717) is 22.4 Å². The number of aromatic hydroxyl groups is 1. The average Bonchev–Trinajstić information content (AvgIpc) is 2.66. The topological polar surface area (TPSA) is 86.0 Å². The van der Waals surface area contributed by atoms with Crippen molar-refractivity contribution in [1.29, 1.82) is 0 Å². The van der Waals surface area contributed by atoms with Crippen LogP contribution < -0.4 is 15.1 Å². The summed E-state index contributed by atoms with van der Waals surface area (Å²) in [5.41, 5.74) is 0.307. The van der Waals surface area contributed by atoms with E-state index in [1.165, 1.54) is 21.1 Å². The summed E-state index contributed by atoms with van der Waals surface area (Å²) < 4.78 is 15.9. The van der Waals surface area contributed by atoms with Gasteiger partial charge in [0.05, 0.1) is 25.2 Å². The maximum absolute atomic E-state index is 12.6. The van der Waals surface area contributed by atoms with E-state index < -0.39 is 11.5 Å². The van der Waals surface area contributed by atoms with Gasteiger partial charge in [-0.15, -0.1) is 0 Å². The molecule has 2 aromatic carbocycles. The van der Waals surface area contributed by atoms with Gasteiger partial charge in [-0.1, -0.05) is 18.2 Å². The highest BCUT2D eigenvalue weighted by Crippen LogP contribution is 2.39. The number of para-hydroxylation sites is 1. The van der Waals surface area contributed by atoms with Crippen molar-refractivity contribution in [1.82, 2.24) is 0 Å². The molecular weight excluding hydrogens is 348 g/mol. The van der Waals surface area contributed by atoms with Gasteiger partial charge in [0.15, 0.2) is 11.5 Å². The molecule has 1 N–H and O–H groups in total. The van der Waals surface area contributed by atoms with Gasteiger partial charge in [-0.2, -0.15) is 0 Å². The van der Waals surface area contributed by atoms with Gasteiger partial charge in [-0.3, -0.25) is 4.79 Å². The third kappa shape index (κ3) is 3.51. The zero-order chi connectivity index (χ0) is 19.6.